The van der Waals surface area contributed by atoms with Crippen molar-refractivity contribution in [2.75, 3.05) is 31.1 Å². The van der Waals surface area contributed by atoms with E-state index in [0.717, 1.165) is 38.2 Å². The lowest BCUT2D eigenvalue weighted by Gasteiger charge is -2.43. The van der Waals surface area contributed by atoms with Crippen molar-refractivity contribution < 1.29 is 4.74 Å². The lowest BCUT2D eigenvalue weighted by molar-refractivity contribution is -0.00896. The Morgan fingerprint density at radius 3 is 2.81 bits per heavy atom. The summed E-state index contributed by atoms with van der Waals surface area (Å²) in [6.07, 6.45) is 3.39. The van der Waals surface area contributed by atoms with E-state index in [-0.39, 0.29) is 6.10 Å². The van der Waals surface area contributed by atoms with Gasteiger partial charge in [-0.1, -0.05) is 48.5 Å². The predicted molar refractivity (Wildman–Crippen MR) is 106 cm³/mol. The fourth-order valence-electron chi connectivity index (χ4n) is 4.27. The summed E-state index contributed by atoms with van der Waals surface area (Å²) in [6.45, 7) is 3.73. The van der Waals surface area contributed by atoms with Crippen LogP contribution >= 0.6 is 0 Å². The molecule has 5 rings (SSSR count). The van der Waals surface area contributed by atoms with Crippen molar-refractivity contribution in [3.63, 3.8) is 0 Å². The van der Waals surface area contributed by atoms with Crippen LogP contribution in [0.15, 0.2) is 60.8 Å². The van der Waals surface area contributed by atoms with Crippen LogP contribution in [0.3, 0.4) is 0 Å². The van der Waals surface area contributed by atoms with E-state index < -0.39 is 0 Å². The maximum atomic E-state index is 6.07. The highest BCUT2D eigenvalue weighted by molar-refractivity contribution is 5.99. The van der Waals surface area contributed by atoms with Gasteiger partial charge in [-0.2, -0.15) is 0 Å². The predicted octanol–water partition coefficient (Wildman–Crippen LogP) is 3.47. The summed E-state index contributed by atoms with van der Waals surface area (Å²) in [4.78, 5) is 7.22. The van der Waals surface area contributed by atoms with Crippen LogP contribution in [0.4, 0.5) is 5.69 Å². The summed E-state index contributed by atoms with van der Waals surface area (Å²) < 4.78 is 6.07. The fourth-order valence-corrected chi connectivity index (χ4v) is 4.27. The molecule has 2 aliphatic rings. The van der Waals surface area contributed by atoms with E-state index in [1.165, 1.54) is 22.2 Å². The van der Waals surface area contributed by atoms with E-state index in [0.29, 0.717) is 6.04 Å². The quantitative estimate of drug-likeness (QED) is 0.772. The van der Waals surface area contributed by atoms with Crippen molar-refractivity contribution in [2.45, 2.75) is 18.6 Å². The minimum atomic E-state index is 0.257. The Morgan fingerprint density at radius 2 is 1.88 bits per heavy atom. The number of nitrogens with one attached hydrogen (secondary N) is 1. The van der Waals surface area contributed by atoms with Gasteiger partial charge < -0.3 is 15.0 Å². The lowest BCUT2D eigenvalue weighted by atomic mass is 9.96. The number of fused-ring (bicyclic) bond motifs is 2. The summed E-state index contributed by atoms with van der Waals surface area (Å²) in [5.74, 6) is 0. The Morgan fingerprint density at radius 1 is 1.04 bits per heavy atom. The highest BCUT2D eigenvalue weighted by Crippen LogP contribution is 2.38. The maximum Gasteiger partial charge on any atom is 0.0903 e. The van der Waals surface area contributed by atoms with Gasteiger partial charge in [-0.3, -0.25) is 4.98 Å². The fraction of sp³-hybridized carbons (Fsp3) is 0.318. The number of para-hydroxylation sites is 1. The Bertz CT molecular complexity index is 912. The molecule has 1 N–H and O–H groups in total. The molecule has 0 amide bonds. The Hall–Kier alpha value is -2.43. The first-order valence-electron chi connectivity index (χ1n) is 9.43. The lowest BCUT2D eigenvalue weighted by Crippen LogP contribution is -2.57. The Kier molecular flexibility index (Phi) is 4.07. The molecule has 3 heterocycles. The molecule has 2 aliphatic heterocycles. The largest absolute Gasteiger partial charge is 0.373 e. The average molecular weight is 345 g/mol. The number of anilines is 1. The number of nitrogens with zero attached hydrogens (tertiary/aromatic N) is 2. The van der Waals surface area contributed by atoms with Crippen LogP contribution in [0.5, 0.6) is 0 Å². The van der Waals surface area contributed by atoms with Crippen LogP contribution in [-0.2, 0) is 4.74 Å². The highest BCUT2D eigenvalue weighted by Gasteiger charge is 2.33. The Balaban J connectivity index is 1.63. The van der Waals surface area contributed by atoms with Gasteiger partial charge in [0.05, 0.1) is 23.9 Å². The van der Waals surface area contributed by atoms with Crippen LogP contribution in [0, 0.1) is 0 Å². The van der Waals surface area contributed by atoms with Crippen molar-refractivity contribution in [1.29, 1.82) is 0 Å². The zero-order chi connectivity index (χ0) is 17.3. The van der Waals surface area contributed by atoms with Gasteiger partial charge in [-0.15, -0.1) is 0 Å². The van der Waals surface area contributed by atoms with Gasteiger partial charge >= 0.3 is 0 Å². The van der Waals surface area contributed by atoms with Crippen LogP contribution < -0.4 is 10.2 Å². The number of rotatable bonds is 2. The number of benzene rings is 2. The zero-order valence-corrected chi connectivity index (χ0v) is 14.8. The van der Waals surface area contributed by atoms with Crippen molar-refractivity contribution in [2.24, 2.45) is 0 Å². The molecule has 0 aliphatic carbocycles. The molecule has 0 spiro atoms. The van der Waals surface area contributed by atoms with E-state index in [2.05, 4.69) is 64.8 Å². The van der Waals surface area contributed by atoms with Gasteiger partial charge in [0.1, 0.15) is 0 Å². The minimum absolute atomic E-state index is 0.257. The molecule has 132 valence electrons. The first kappa shape index (κ1) is 15.8. The second kappa shape index (κ2) is 6.71. The second-order valence-electron chi connectivity index (χ2n) is 7.11. The number of piperidine rings is 1. The van der Waals surface area contributed by atoms with Crippen LogP contribution in [0.1, 0.15) is 6.42 Å². The SMILES string of the molecule is c1ccc(-c2cnc3ccccc3c2N2CC[C@@H]3NCCO[C@H]3C2)cc1. The summed E-state index contributed by atoms with van der Waals surface area (Å²) in [5, 5.41) is 4.83. The van der Waals surface area contributed by atoms with Crippen molar-refractivity contribution in [3.8, 4) is 11.1 Å². The van der Waals surface area contributed by atoms with Crippen LogP contribution in [0.25, 0.3) is 22.0 Å². The van der Waals surface area contributed by atoms with E-state index in [9.17, 15) is 0 Å². The molecule has 0 saturated carbocycles. The minimum Gasteiger partial charge on any atom is -0.373 e. The van der Waals surface area contributed by atoms with Gasteiger partial charge in [0, 0.05) is 42.8 Å². The Labute approximate surface area is 153 Å². The number of morpholine rings is 1. The molecule has 0 bridgehead atoms. The molecule has 3 aromatic rings. The number of aromatic nitrogens is 1. The number of hydrogen-bond acceptors (Lipinski definition) is 4. The summed E-state index contributed by atoms with van der Waals surface area (Å²) in [5.41, 5.74) is 4.75. The average Bonchev–Trinajstić information content (AvgIpc) is 2.73. The van der Waals surface area contributed by atoms with E-state index in [1.54, 1.807) is 0 Å². The molecule has 2 aromatic carbocycles. The standard InChI is InChI=1S/C22H23N3O/c1-2-6-16(7-3-1)18-14-24-19-9-5-4-8-17(19)22(18)25-12-10-20-21(15-25)26-13-11-23-20/h1-9,14,20-21,23H,10-13,15H2/t20-,21-/m0/s1. The molecule has 0 unspecified atom stereocenters. The topological polar surface area (TPSA) is 37.4 Å². The van der Waals surface area contributed by atoms with E-state index in [4.69, 9.17) is 9.72 Å². The first-order chi connectivity index (χ1) is 12.9. The molecular formula is C22H23N3O. The van der Waals surface area contributed by atoms with Gasteiger partial charge in [0.2, 0.25) is 0 Å². The van der Waals surface area contributed by atoms with Crippen molar-refractivity contribution >= 4 is 16.6 Å². The maximum absolute atomic E-state index is 6.07. The molecule has 4 nitrogen and oxygen atoms in total. The number of hydrogen-bond donors (Lipinski definition) is 1. The van der Waals surface area contributed by atoms with Crippen LogP contribution in [-0.4, -0.2) is 43.4 Å². The zero-order valence-electron chi connectivity index (χ0n) is 14.8. The second-order valence-corrected chi connectivity index (χ2v) is 7.11. The van der Waals surface area contributed by atoms with Gasteiger partial charge in [0.15, 0.2) is 0 Å². The first-order valence-corrected chi connectivity index (χ1v) is 9.43. The third-order valence-corrected chi connectivity index (χ3v) is 5.55. The summed E-state index contributed by atoms with van der Waals surface area (Å²) >= 11 is 0. The van der Waals surface area contributed by atoms with E-state index >= 15 is 0 Å². The highest BCUT2D eigenvalue weighted by atomic mass is 16.5. The summed E-state index contributed by atoms with van der Waals surface area (Å²) in [7, 11) is 0. The van der Waals surface area contributed by atoms with Crippen molar-refractivity contribution in [3.05, 3.63) is 60.8 Å². The molecule has 2 atom stereocenters. The van der Waals surface area contributed by atoms with Gasteiger partial charge in [-0.25, -0.2) is 0 Å². The molecule has 0 radical (unpaired) electrons. The van der Waals surface area contributed by atoms with Crippen molar-refractivity contribution in [1.82, 2.24) is 10.3 Å². The smallest absolute Gasteiger partial charge is 0.0903 e. The molecule has 1 aromatic heterocycles. The number of ether oxygens (including phenoxy) is 1. The summed E-state index contributed by atoms with van der Waals surface area (Å²) in [6, 6.07) is 19.5. The molecular weight excluding hydrogens is 322 g/mol. The molecule has 4 heteroatoms. The van der Waals surface area contributed by atoms with Crippen LogP contribution in [0.2, 0.25) is 0 Å². The monoisotopic (exact) mass is 345 g/mol. The molecule has 26 heavy (non-hydrogen) atoms. The van der Waals surface area contributed by atoms with Gasteiger partial charge in [-0.05, 0) is 18.1 Å². The molecule has 2 fully saturated rings. The number of pyridine rings is 1. The molecule has 2 saturated heterocycles. The normalized spacial score (nSPS) is 23.0. The third-order valence-electron chi connectivity index (χ3n) is 5.55. The van der Waals surface area contributed by atoms with Gasteiger partial charge in [0.25, 0.3) is 0 Å². The van der Waals surface area contributed by atoms with E-state index in [1.807, 2.05) is 6.20 Å². The third kappa shape index (κ3) is 2.75.